The minimum Gasteiger partial charge on any atom is -0.495 e. The zero-order chi connectivity index (χ0) is 18.7. The highest BCUT2D eigenvalue weighted by atomic mass is 32.1. The number of nitrogen functional groups attached to an aromatic ring is 1. The Balaban J connectivity index is 2.13. The van der Waals surface area contributed by atoms with Crippen molar-refractivity contribution in [2.45, 2.75) is 0 Å². The van der Waals surface area contributed by atoms with Crippen molar-refractivity contribution in [3.05, 3.63) is 35.7 Å². The molecule has 0 saturated carbocycles. The second-order valence-corrected chi connectivity index (χ2v) is 6.08. The molecule has 0 saturated heterocycles. The molecule has 0 spiro atoms. The zero-order valence-corrected chi connectivity index (χ0v) is 15.8. The van der Waals surface area contributed by atoms with Crippen LogP contribution in [0.1, 0.15) is 0 Å². The molecule has 0 amide bonds. The van der Waals surface area contributed by atoms with Gasteiger partial charge in [-0.2, -0.15) is 4.37 Å². The molecule has 1 aromatic heterocycles. The number of hydrogen-bond acceptors (Lipinski definition) is 7. The van der Waals surface area contributed by atoms with E-state index in [1.54, 1.807) is 28.4 Å². The molecular formula is C19H20N2O4S. The Morgan fingerprint density at radius 1 is 0.808 bits per heavy atom. The van der Waals surface area contributed by atoms with E-state index in [2.05, 4.69) is 4.37 Å². The van der Waals surface area contributed by atoms with Crippen LogP contribution in [0, 0.1) is 0 Å². The molecule has 0 bridgehead atoms. The van der Waals surface area contributed by atoms with Crippen LogP contribution < -0.4 is 24.7 Å². The highest BCUT2D eigenvalue weighted by molar-refractivity contribution is 7.04. The lowest BCUT2D eigenvalue weighted by Gasteiger charge is -2.14. The SMILES string of the molecule is COc1ccc(-c2nscc2-c2cc(OC)c(OC)c(OC)c2)cc1N. The second kappa shape index (κ2) is 7.53. The van der Waals surface area contributed by atoms with Gasteiger partial charge >= 0.3 is 0 Å². The Kier molecular flexibility index (Phi) is 5.18. The molecule has 0 atom stereocenters. The number of hydrogen-bond donors (Lipinski definition) is 1. The van der Waals surface area contributed by atoms with Gasteiger partial charge in [0.15, 0.2) is 11.5 Å². The number of aromatic nitrogens is 1. The number of nitrogens with zero attached hydrogens (tertiary/aromatic N) is 1. The van der Waals surface area contributed by atoms with Crippen molar-refractivity contribution in [3.8, 4) is 45.4 Å². The van der Waals surface area contributed by atoms with Gasteiger partial charge in [-0.05, 0) is 47.4 Å². The van der Waals surface area contributed by atoms with Gasteiger partial charge in [0.25, 0.3) is 0 Å². The molecule has 0 aliphatic carbocycles. The number of ether oxygens (including phenoxy) is 4. The van der Waals surface area contributed by atoms with Gasteiger partial charge in [-0.1, -0.05) is 0 Å². The van der Waals surface area contributed by atoms with E-state index in [4.69, 9.17) is 24.7 Å². The predicted molar refractivity (Wildman–Crippen MR) is 104 cm³/mol. The summed E-state index contributed by atoms with van der Waals surface area (Å²) in [5, 5.41) is 1.98. The molecule has 0 radical (unpaired) electrons. The molecule has 6 nitrogen and oxygen atoms in total. The molecule has 0 unspecified atom stereocenters. The van der Waals surface area contributed by atoms with Crippen LogP contribution >= 0.6 is 11.5 Å². The van der Waals surface area contributed by atoms with Crippen molar-refractivity contribution in [2.24, 2.45) is 0 Å². The van der Waals surface area contributed by atoms with E-state index in [0.717, 1.165) is 22.4 Å². The fourth-order valence-electron chi connectivity index (χ4n) is 2.77. The predicted octanol–water partition coefficient (Wildman–Crippen LogP) is 4.09. The summed E-state index contributed by atoms with van der Waals surface area (Å²) in [6.45, 7) is 0. The van der Waals surface area contributed by atoms with Gasteiger partial charge in [0, 0.05) is 16.5 Å². The van der Waals surface area contributed by atoms with E-state index >= 15 is 0 Å². The molecule has 0 aliphatic rings. The largest absolute Gasteiger partial charge is 0.495 e. The van der Waals surface area contributed by atoms with E-state index in [-0.39, 0.29) is 0 Å². The van der Waals surface area contributed by atoms with Crippen molar-refractivity contribution >= 4 is 17.2 Å². The molecule has 136 valence electrons. The summed E-state index contributed by atoms with van der Waals surface area (Å²) in [5.41, 5.74) is 10.2. The van der Waals surface area contributed by atoms with Gasteiger partial charge in [-0.3, -0.25) is 0 Å². The third kappa shape index (κ3) is 3.13. The van der Waals surface area contributed by atoms with Crippen molar-refractivity contribution < 1.29 is 18.9 Å². The Bertz CT molecular complexity index is 899. The number of rotatable bonds is 6. The van der Waals surface area contributed by atoms with Crippen LogP contribution in [0.5, 0.6) is 23.0 Å². The third-order valence-corrected chi connectivity index (χ3v) is 4.68. The lowest BCUT2D eigenvalue weighted by Crippen LogP contribution is -1.96. The van der Waals surface area contributed by atoms with Gasteiger partial charge in [-0.25, -0.2) is 0 Å². The Morgan fingerprint density at radius 3 is 2.00 bits per heavy atom. The first-order valence-electron chi connectivity index (χ1n) is 7.81. The summed E-state index contributed by atoms with van der Waals surface area (Å²) in [6.07, 6.45) is 0. The van der Waals surface area contributed by atoms with Gasteiger partial charge in [0.2, 0.25) is 5.75 Å². The first-order chi connectivity index (χ1) is 12.6. The van der Waals surface area contributed by atoms with Crippen molar-refractivity contribution in [2.75, 3.05) is 34.2 Å². The molecule has 0 aliphatic heterocycles. The monoisotopic (exact) mass is 372 g/mol. The molecule has 0 fully saturated rings. The second-order valence-electron chi connectivity index (χ2n) is 5.45. The average molecular weight is 372 g/mol. The lowest BCUT2D eigenvalue weighted by molar-refractivity contribution is 0.324. The molecule has 3 aromatic rings. The average Bonchev–Trinajstić information content (AvgIpc) is 3.16. The van der Waals surface area contributed by atoms with E-state index in [1.165, 1.54) is 11.5 Å². The Morgan fingerprint density at radius 2 is 1.46 bits per heavy atom. The fraction of sp³-hybridized carbons (Fsp3) is 0.211. The van der Waals surface area contributed by atoms with E-state index in [0.29, 0.717) is 28.7 Å². The van der Waals surface area contributed by atoms with Crippen molar-refractivity contribution in [3.63, 3.8) is 0 Å². The van der Waals surface area contributed by atoms with Gasteiger partial charge in [0.1, 0.15) is 5.75 Å². The molecule has 26 heavy (non-hydrogen) atoms. The lowest BCUT2D eigenvalue weighted by atomic mass is 10.0. The van der Waals surface area contributed by atoms with E-state index in [9.17, 15) is 0 Å². The van der Waals surface area contributed by atoms with Crippen LogP contribution in [0.2, 0.25) is 0 Å². The fourth-order valence-corrected chi connectivity index (χ4v) is 3.48. The smallest absolute Gasteiger partial charge is 0.203 e. The third-order valence-electron chi connectivity index (χ3n) is 4.05. The quantitative estimate of drug-likeness (QED) is 0.657. The number of methoxy groups -OCH3 is 4. The minimum absolute atomic E-state index is 0.553. The first kappa shape index (κ1) is 17.9. The maximum Gasteiger partial charge on any atom is 0.203 e. The summed E-state index contributed by atoms with van der Waals surface area (Å²) < 4.78 is 26.1. The van der Waals surface area contributed by atoms with Crippen LogP contribution in [0.3, 0.4) is 0 Å². The van der Waals surface area contributed by atoms with E-state index in [1.807, 2.05) is 35.7 Å². The summed E-state index contributed by atoms with van der Waals surface area (Å²) in [5.74, 6) is 2.37. The van der Waals surface area contributed by atoms with Crippen molar-refractivity contribution in [1.82, 2.24) is 4.37 Å². The molecular weight excluding hydrogens is 352 g/mol. The summed E-state index contributed by atoms with van der Waals surface area (Å²) >= 11 is 1.37. The molecule has 2 N–H and O–H groups in total. The van der Waals surface area contributed by atoms with Crippen LogP contribution in [0.15, 0.2) is 35.7 Å². The van der Waals surface area contributed by atoms with Gasteiger partial charge in [0.05, 0.1) is 39.8 Å². The van der Waals surface area contributed by atoms with Crippen LogP contribution in [0.4, 0.5) is 5.69 Å². The Labute approximate surface area is 156 Å². The number of benzene rings is 2. The number of nitrogens with two attached hydrogens (primary N) is 1. The summed E-state index contributed by atoms with van der Waals surface area (Å²) in [7, 11) is 6.36. The van der Waals surface area contributed by atoms with Crippen molar-refractivity contribution in [1.29, 1.82) is 0 Å². The highest BCUT2D eigenvalue weighted by Gasteiger charge is 2.18. The zero-order valence-electron chi connectivity index (χ0n) is 15.0. The van der Waals surface area contributed by atoms with E-state index < -0.39 is 0 Å². The van der Waals surface area contributed by atoms with Crippen LogP contribution in [-0.2, 0) is 0 Å². The molecule has 1 heterocycles. The first-order valence-corrected chi connectivity index (χ1v) is 8.65. The molecule has 3 rings (SSSR count). The maximum atomic E-state index is 6.05. The van der Waals surface area contributed by atoms with Gasteiger partial charge < -0.3 is 24.7 Å². The van der Waals surface area contributed by atoms with Gasteiger partial charge in [-0.15, -0.1) is 0 Å². The molecule has 2 aromatic carbocycles. The minimum atomic E-state index is 0.553. The summed E-state index contributed by atoms with van der Waals surface area (Å²) in [4.78, 5) is 0. The normalized spacial score (nSPS) is 10.5. The summed E-state index contributed by atoms with van der Waals surface area (Å²) in [6, 6.07) is 9.44. The molecule has 7 heteroatoms. The van der Waals surface area contributed by atoms with Crippen LogP contribution in [-0.4, -0.2) is 32.8 Å². The maximum absolute atomic E-state index is 6.05. The topological polar surface area (TPSA) is 75.8 Å². The Hall–Kier alpha value is -2.93. The highest BCUT2D eigenvalue weighted by Crippen LogP contribution is 2.44. The standard InChI is InChI=1S/C19H20N2O4S/c1-22-15-6-5-11(7-14(15)20)18-13(10-26-21-18)12-8-16(23-2)19(25-4)17(9-12)24-3/h5-10H,20H2,1-4H3. The van der Waals surface area contributed by atoms with Crippen LogP contribution in [0.25, 0.3) is 22.4 Å². The number of anilines is 1.